The lowest BCUT2D eigenvalue weighted by atomic mass is 10.3. The van der Waals surface area contributed by atoms with Crippen LogP contribution < -0.4 is 5.56 Å². The molecular formula is C16H13ClN4O3S2. The number of hydrogen-bond acceptors (Lipinski definition) is 7. The van der Waals surface area contributed by atoms with Gasteiger partial charge in [-0.05, 0) is 18.2 Å². The molecule has 0 radical (unpaired) electrons. The lowest BCUT2D eigenvalue weighted by Crippen LogP contribution is -2.12. The summed E-state index contributed by atoms with van der Waals surface area (Å²) in [6, 6.07) is 7.97. The molecule has 0 saturated carbocycles. The van der Waals surface area contributed by atoms with E-state index in [0.29, 0.717) is 27.7 Å². The maximum absolute atomic E-state index is 12.1. The van der Waals surface area contributed by atoms with Crippen molar-refractivity contribution in [3.63, 3.8) is 0 Å². The first kappa shape index (κ1) is 18.7. The number of thioether (sulfide) groups is 2. The van der Waals surface area contributed by atoms with Crippen molar-refractivity contribution in [3.8, 4) is 0 Å². The zero-order valence-corrected chi connectivity index (χ0v) is 15.7. The van der Waals surface area contributed by atoms with Crippen molar-refractivity contribution in [2.75, 3.05) is 11.6 Å². The van der Waals surface area contributed by atoms with Gasteiger partial charge >= 0.3 is 0 Å². The molecule has 0 spiro atoms. The molecule has 0 aliphatic heterocycles. The van der Waals surface area contributed by atoms with Crippen molar-refractivity contribution in [2.24, 2.45) is 0 Å². The monoisotopic (exact) mass is 408 g/mol. The Kier molecular flexibility index (Phi) is 6.12. The summed E-state index contributed by atoms with van der Waals surface area (Å²) in [7, 11) is 0. The summed E-state index contributed by atoms with van der Waals surface area (Å²) in [5, 5.41) is 11.8. The van der Waals surface area contributed by atoms with Crippen LogP contribution in [0.3, 0.4) is 0 Å². The Morgan fingerprint density at radius 3 is 2.73 bits per heavy atom. The van der Waals surface area contributed by atoms with Gasteiger partial charge in [-0.15, -0.1) is 23.4 Å². The average molecular weight is 409 g/mol. The predicted molar refractivity (Wildman–Crippen MR) is 104 cm³/mol. The highest BCUT2D eigenvalue weighted by atomic mass is 35.5. The first-order valence-electron chi connectivity index (χ1n) is 7.50. The van der Waals surface area contributed by atoms with Crippen molar-refractivity contribution < 1.29 is 4.92 Å². The molecule has 1 aromatic carbocycles. The fourth-order valence-electron chi connectivity index (χ4n) is 2.16. The van der Waals surface area contributed by atoms with Crippen molar-refractivity contribution >= 4 is 51.7 Å². The van der Waals surface area contributed by atoms with Gasteiger partial charge in [0.1, 0.15) is 0 Å². The second-order valence-corrected chi connectivity index (χ2v) is 7.91. The van der Waals surface area contributed by atoms with Gasteiger partial charge in [0.25, 0.3) is 11.2 Å². The standard InChI is InChI=1S/C16H13ClN4O3S2/c17-7-12(26-11-3-1-10(2-4-11)21(23)24)9-25-16-19-14-8-18-6-5-13(14)15(22)20-16/h1-6,8,12H,7,9H2,(H,19,20,22). The van der Waals surface area contributed by atoms with E-state index < -0.39 is 4.92 Å². The average Bonchev–Trinajstić information content (AvgIpc) is 2.65. The van der Waals surface area contributed by atoms with Gasteiger partial charge in [0.2, 0.25) is 0 Å². The largest absolute Gasteiger partial charge is 0.301 e. The third kappa shape index (κ3) is 4.54. The summed E-state index contributed by atoms with van der Waals surface area (Å²) >= 11 is 8.98. The van der Waals surface area contributed by atoms with Gasteiger partial charge in [-0.25, -0.2) is 4.98 Å². The fraction of sp³-hybridized carbons (Fsp3) is 0.188. The number of non-ortho nitro benzene ring substituents is 1. The van der Waals surface area contributed by atoms with Crippen LogP contribution in [0.1, 0.15) is 0 Å². The minimum atomic E-state index is -0.431. The van der Waals surface area contributed by atoms with Crippen molar-refractivity contribution in [2.45, 2.75) is 15.3 Å². The van der Waals surface area contributed by atoms with E-state index in [2.05, 4.69) is 15.0 Å². The number of benzene rings is 1. The molecule has 2 heterocycles. The number of H-pyrrole nitrogens is 1. The molecule has 0 saturated heterocycles. The molecule has 1 atom stereocenters. The SMILES string of the molecule is O=c1[nH]c(SCC(CCl)Sc2ccc([N+](=O)[O-])cc2)nc2cnccc12. The molecule has 0 amide bonds. The second kappa shape index (κ2) is 8.52. The number of rotatable bonds is 7. The van der Waals surface area contributed by atoms with Gasteiger partial charge in [0.05, 0.1) is 22.0 Å². The summed E-state index contributed by atoms with van der Waals surface area (Å²) in [5.41, 5.74) is 0.396. The van der Waals surface area contributed by atoms with E-state index in [-0.39, 0.29) is 16.5 Å². The molecular weight excluding hydrogens is 396 g/mol. The fourth-order valence-corrected chi connectivity index (χ4v) is 4.59. The first-order chi connectivity index (χ1) is 12.6. The Bertz CT molecular complexity index is 981. The molecule has 7 nitrogen and oxygen atoms in total. The Labute approximate surface area is 161 Å². The Morgan fingerprint density at radius 1 is 1.27 bits per heavy atom. The van der Waals surface area contributed by atoms with Crippen molar-refractivity contribution in [3.05, 3.63) is 63.2 Å². The van der Waals surface area contributed by atoms with Crippen LogP contribution in [-0.2, 0) is 0 Å². The highest BCUT2D eigenvalue weighted by Gasteiger charge is 2.13. The number of nitro groups is 1. The number of hydrogen-bond donors (Lipinski definition) is 1. The smallest absolute Gasteiger partial charge is 0.269 e. The van der Waals surface area contributed by atoms with E-state index in [1.807, 2.05) is 0 Å². The summed E-state index contributed by atoms with van der Waals surface area (Å²) in [5.74, 6) is 1.02. The molecule has 10 heteroatoms. The molecule has 26 heavy (non-hydrogen) atoms. The number of aromatic nitrogens is 3. The van der Waals surface area contributed by atoms with Crippen LogP contribution in [0.2, 0.25) is 0 Å². The Hall–Kier alpha value is -2.10. The van der Waals surface area contributed by atoms with Gasteiger partial charge in [0.15, 0.2) is 5.16 Å². The molecule has 134 valence electrons. The van der Waals surface area contributed by atoms with E-state index in [4.69, 9.17) is 11.6 Å². The normalized spacial score (nSPS) is 12.2. The van der Waals surface area contributed by atoms with Gasteiger partial charge in [-0.2, -0.15) is 0 Å². The Morgan fingerprint density at radius 2 is 2.04 bits per heavy atom. The van der Waals surface area contributed by atoms with Crippen molar-refractivity contribution in [1.29, 1.82) is 0 Å². The molecule has 1 N–H and O–H groups in total. The van der Waals surface area contributed by atoms with E-state index in [1.54, 1.807) is 30.6 Å². The zero-order chi connectivity index (χ0) is 18.5. The summed E-state index contributed by atoms with van der Waals surface area (Å²) in [6.45, 7) is 0. The number of fused-ring (bicyclic) bond motifs is 1. The van der Waals surface area contributed by atoms with Crippen LogP contribution in [0, 0.1) is 10.1 Å². The number of halogens is 1. The van der Waals surface area contributed by atoms with E-state index in [1.165, 1.54) is 35.7 Å². The molecule has 3 aromatic rings. The van der Waals surface area contributed by atoms with E-state index in [9.17, 15) is 14.9 Å². The maximum atomic E-state index is 12.1. The van der Waals surface area contributed by atoms with Crippen LogP contribution >= 0.6 is 35.1 Å². The van der Waals surface area contributed by atoms with Crippen molar-refractivity contribution in [1.82, 2.24) is 15.0 Å². The lowest BCUT2D eigenvalue weighted by Gasteiger charge is -2.12. The highest BCUT2D eigenvalue weighted by molar-refractivity contribution is 8.03. The number of nitro benzene ring substituents is 1. The number of nitrogens with zero attached hydrogens (tertiary/aromatic N) is 3. The van der Waals surface area contributed by atoms with Gasteiger partial charge in [-0.1, -0.05) is 11.8 Å². The molecule has 2 aromatic heterocycles. The van der Waals surface area contributed by atoms with Gasteiger partial charge < -0.3 is 4.98 Å². The topological polar surface area (TPSA) is 102 Å². The second-order valence-electron chi connectivity index (χ2n) is 5.22. The van der Waals surface area contributed by atoms with Crippen LogP contribution in [0.15, 0.2) is 57.6 Å². The molecule has 0 aliphatic rings. The molecule has 0 bridgehead atoms. The minimum absolute atomic E-state index is 0.0534. The highest BCUT2D eigenvalue weighted by Crippen LogP contribution is 2.29. The minimum Gasteiger partial charge on any atom is -0.301 e. The van der Waals surface area contributed by atoms with Crippen LogP contribution in [0.25, 0.3) is 10.9 Å². The molecule has 0 aliphatic carbocycles. The van der Waals surface area contributed by atoms with Gasteiger partial charge in [0, 0.05) is 40.1 Å². The van der Waals surface area contributed by atoms with E-state index in [0.717, 1.165) is 4.90 Å². The van der Waals surface area contributed by atoms with Crippen LogP contribution in [-0.4, -0.2) is 36.8 Å². The molecule has 1 unspecified atom stereocenters. The van der Waals surface area contributed by atoms with Gasteiger partial charge in [-0.3, -0.25) is 19.9 Å². The summed E-state index contributed by atoms with van der Waals surface area (Å²) < 4.78 is 0. The summed E-state index contributed by atoms with van der Waals surface area (Å²) in [6.07, 6.45) is 3.11. The first-order valence-corrected chi connectivity index (χ1v) is 9.90. The third-order valence-corrected chi connectivity index (χ3v) is 6.43. The number of pyridine rings is 1. The van der Waals surface area contributed by atoms with Crippen LogP contribution in [0.4, 0.5) is 5.69 Å². The predicted octanol–water partition coefficient (Wildman–Crippen LogP) is 3.72. The molecule has 3 rings (SSSR count). The quantitative estimate of drug-likeness (QED) is 0.209. The Balaban J connectivity index is 1.67. The maximum Gasteiger partial charge on any atom is 0.269 e. The third-order valence-electron chi connectivity index (χ3n) is 3.42. The van der Waals surface area contributed by atoms with Crippen LogP contribution in [0.5, 0.6) is 0 Å². The van der Waals surface area contributed by atoms with E-state index >= 15 is 0 Å². The number of nitrogens with one attached hydrogen (secondary N) is 1. The zero-order valence-electron chi connectivity index (χ0n) is 13.3. The number of alkyl halides is 1. The lowest BCUT2D eigenvalue weighted by molar-refractivity contribution is -0.384. The number of aromatic amines is 1. The molecule has 0 fully saturated rings. The summed E-state index contributed by atoms with van der Waals surface area (Å²) in [4.78, 5) is 34.4.